The van der Waals surface area contributed by atoms with E-state index in [1.807, 2.05) is 18.2 Å². The molecule has 0 bridgehead atoms. The molecule has 3 nitrogen and oxygen atoms in total. The predicted molar refractivity (Wildman–Crippen MR) is 55.3 cm³/mol. The molecule has 0 amide bonds. The lowest BCUT2D eigenvalue weighted by atomic mass is 10.2. The summed E-state index contributed by atoms with van der Waals surface area (Å²) in [6.07, 6.45) is 0. The van der Waals surface area contributed by atoms with Crippen LogP contribution < -0.4 is 0 Å². The van der Waals surface area contributed by atoms with Gasteiger partial charge in [0.1, 0.15) is 5.65 Å². The Balaban J connectivity index is 2.67. The fourth-order valence-electron chi connectivity index (χ4n) is 1.62. The number of rotatable bonds is 0. The minimum atomic E-state index is 0.659. The molecule has 3 N–H and O–H groups in total. The molecule has 3 aromatic rings. The second kappa shape index (κ2) is 2.23. The summed E-state index contributed by atoms with van der Waals surface area (Å²) in [4.78, 5) is 9.41. The van der Waals surface area contributed by atoms with Crippen molar-refractivity contribution >= 4 is 34.3 Å². The molecule has 0 aliphatic rings. The van der Waals surface area contributed by atoms with Gasteiger partial charge in [0, 0.05) is 10.9 Å². The van der Waals surface area contributed by atoms with E-state index in [0.29, 0.717) is 4.77 Å². The van der Waals surface area contributed by atoms with Crippen LogP contribution in [0.1, 0.15) is 0 Å². The number of aromatic nitrogens is 3. The van der Waals surface area contributed by atoms with Gasteiger partial charge < -0.3 is 15.0 Å². The molecule has 0 aliphatic heterocycles. The van der Waals surface area contributed by atoms with Crippen LogP contribution in [0.4, 0.5) is 0 Å². The number of nitrogens with one attached hydrogen (secondary N) is 3. The van der Waals surface area contributed by atoms with Crippen molar-refractivity contribution in [1.29, 1.82) is 0 Å². The van der Waals surface area contributed by atoms with Crippen molar-refractivity contribution in [3.05, 3.63) is 29.0 Å². The van der Waals surface area contributed by atoms with Crippen LogP contribution >= 0.6 is 12.2 Å². The van der Waals surface area contributed by atoms with Crippen molar-refractivity contribution in [1.82, 2.24) is 15.0 Å². The van der Waals surface area contributed by atoms with Crippen molar-refractivity contribution < 1.29 is 0 Å². The van der Waals surface area contributed by atoms with Gasteiger partial charge in [-0.2, -0.15) is 0 Å². The first-order valence-corrected chi connectivity index (χ1v) is 4.44. The second-order valence-electron chi connectivity index (χ2n) is 3.00. The Morgan fingerprint density at radius 1 is 1.00 bits per heavy atom. The van der Waals surface area contributed by atoms with Crippen molar-refractivity contribution in [3.63, 3.8) is 0 Å². The molecule has 0 saturated heterocycles. The van der Waals surface area contributed by atoms with Gasteiger partial charge in [-0.15, -0.1) is 0 Å². The maximum Gasteiger partial charge on any atom is 0.176 e. The zero-order valence-electron chi connectivity index (χ0n) is 6.72. The molecule has 13 heavy (non-hydrogen) atoms. The first kappa shape index (κ1) is 6.91. The highest BCUT2D eigenvalue weighted by atomic mass is 32.1. The quantitative estimate of drug-likeness (QED) is 0.468. The van der Waals surface area contributed by atoms with Crippen LogP contribution in [0.5, 0.6) is 0 Å². The third-order valence-electron chi connectivity index (χ3n) is 2.18. The number of aromatic amines is 3. The van der Waals surface area contributed by atoms with Gasteiger partial charge in [-0.3, -0.25) is 0 Å². The molecule has 1 aromatic carbocycles. The fourth-order valence-corrected chi connectivity index (χ4v) is 1.83. The van der Waals surface area contributed by atoms with Crippen molar-refractivity contribution in [3.8, 4) is 0 Å². The molecule has 3 rings (SSSR count). The van der Waals surface area contributed by atoms with Crippen LogP contribution in [-0.2, 0) is 0 Å². The van der Waals surface area contributed by atoms with Gasteiger partial charge in [-0.1, -0.05) is 18.2 Å². The molecule has 0 saturated carbocycles. The lowest BCUT2D eigenvalue weighted by Gasteiger charge is -1.85. The number of fused-ring (bicyclic) bond motifs is 3. The van der Waals surface area contributed by atoms with Gasteiger partial charge in [-0.25, -0.2) is 0 Å². The lowest BCUT2D eigenvalue weighted by molar-refractivity contribution is 1.27. The van der Waals surface area contributed by atoms with Crippen LogP contribution in [0.25, 0.3) is 22.1 Å². The zero-order chi connectivity index (χ0) is 8.84. The van der Waals surface area contributed by atoms with Crippen LogP contribution in [-0.4, -0.2) is 15.0 Å². The number of benzene rings is 1. The average molecular weight is 189 g/mol. The number of imidazole rings is 1. The summed E-state index contributed by atoms with van der Waals surface area (Å²) in [6, 6.07) is 8.12. The molecule has 4 heteroatoms. The third-order valence-corrected chi connectivity index (χ3v) is 2.39. The van der Waals surface area contributed by atoms with Gasteiger partial charge in [0.2, 0.25) is 0 Å². The Kier molecular flexibility index (Phi) is 1.19. The van der Waals surface area contributed by atoms with Crippen LogP contribution in [0, 0.1) is 4.77 Å². The minimum absolute atomic E-state index is 0.659. The molecular weight excluding hydrogens is 182 g/mol. The van der Waals surface area contributed by atoms with E-state index in [9.17, 15) is 0 Å². The number of H-pyrrole nitrogens is 3. The Morgan fingerprint density at radius 2 is 1.85 bits per heavy atom. The van der Waals surface area contributed by atoms with Crippen LogP contribution in [0.2, 0.25) is 0 Å². The molecule has 2 aromatic heterocycles. The first-order valence-electron chi connectivity index (χ1n) is 4.03. The van der Waals surface area contributed by atoms with E-state index in [4.69, 9.17) is 12.2 Å². The third kappa shape index (κ3) is 0.860. The standard InChI is InChI=1S/C9H7N3S/c13-9-11-7-5-3-1-2-4-6(5)10-8(7)12-9/h1-4,10H,(H2,11,12,13). The summed E-state index contributed by atoms with van der Waals surface area (Å²) in [5.74, 6) is 0. The van der Waals surface area contributed by atoms with Gasteiger partial charge in [0.15, 0.2) is 4.77 Å². The Labute approximate surface area is 78.8 Å². The van der Waals surface area contributed by atoms with E-state index >= 15 is 0 Å². The van der Waals surface area contributed by atoms with E-state index in [2.05, 4.69) is 21.0 Å². The molecule has 0 spiro atoms. The van der Waals surface area contributed by atoms with Gasteiger partial charge in [0.25, 0.3) is 0 Å². The highest BCUT2D eigenvalue weighted by molar-refractivity contribution is 7.71. The average Bonchev–Trinajstić information content (AvgIpc) is 2.60. The molecule has 0 unspecified atom stereocenters. The number of hydrogen-bond donors (Lipinski definition) is 3. The van der Waals surface area contributed by atoms with E-state index < -0.39 is 0 Å². The molecule has 0 aliphatic carbocycles. The van der Waals surface area contributed by atoms with Gasteiger partial charge in [-0.05, 0) is 18.3 Å². The zero-order valence-corrected chi connectivity index (χ0v) is 7.53. The predicted octanol–water partition coefficient (Wildman–Crippen LogP) is 2.71. The maximum absolute atomic E-state index is 5.00. The summed E-state index contributed by atoms with van der Waals surface area (Å²) in [5.41, 5.74) is 3.14. The number of para-hydroxylation sites is 1. The lowest BCUT2D eigenvalue weighted by Crippen LogP contribution is -1.68. The van der Waals surface area contributed by atoms with E-state index in [1.54, 1.807) is 0 Å². The molecule has 64 valence electrons. The molecular formula is C9H7N3S. The van der Waals surface area contributed by atoms with Crippen molar-refractivity contribution in [2.24, 2.45) is 0 Å². The SMILES string of the molecule is S=c1[nH]c2[nH]c3ccccc3c2[nH]1. The van der Waals surface area contributed by atoms with Gasteiger partial charge in [0.05, 0.1) is 5.52 Å². The topological polar surface area (TPSA) is 47.4 Å². The van der Waals surface area contributed by atoms with E-state index in [0.717, 1.165) is 16.7 Å². The molecule has 0 fully saturated rings. The highest BCUT2D eigenvalue weighted by Gasteiger charge is 2.03. The molecule has 2 heterocycles. The van der Waals surface area contributed by atoms with Gasteiger partial charge >= 0.3 is 0 Å². The molecule has 0 atom stereocenters. The monoisotopic (exact) mass is 189 g/mol. The first-order chi connectivity index (χ1) is 6.34. The normalized spacial score (nSPS) is 11.4. The number of hydrogen-bond acceptors (Lipinski definition) is 1. The minimum Gasteiger partial charge on any atom is -0.339 e. The van der Waals surface area contributed by atoms with Crippen LogP contribution in [0.3, 0.4) is 0 Å². The summed E-state index contributed by atoms with van der Waals surface area (Å²) < 4.78 is 0.659. The smallest absolute Gasteiger partial charge is 0.176 e. The van der Waals surface area contributed by atoms with Crippen molar-refractivity contribution in [2.45, 2.75) is 0 Å². The van der Waals surface area contributed by atoms with Crippen molar-refractivity contribution in [2.75, 3.05) is 0 Å². The second-order valence-corrected chi connectivity index (χ2v) is 3.41. The maximum atomic E-state index is 5.00. The summed E-state index contributed by atoms with van der Waals surface area (Å²) in [6.45, 7) is 0. The summed E-state index contributed by atoms with van der Waals surface area (Å²) in [7, 11) is 0. The highest BCUT2D eigenvalue weighted by Crippen LogP contribution is 2.21. The Bertz CT molecular complexity index is 629. The fraction of sp³-hybridized carbons (Fsp3) is 0. The summed E-state index contributed by atoms with van der Waals surface area (Å²) >= 11 is 5.00. The summed E-state index contributed by atoms with van der Waals surface area (Å²) in [5, 5.41) is 1.17. The van der Waals surface area contributed by atoms with E-state index in [-0.39, 0.29) is 0 Å². The molecule has 0 radical (unpaired) electrons. The largest absolute Gasteiger partial charge is 0.339 e. The Hall–Kier alpha value is -1.55. The Morgan fingerprint density at radius 3 is 2.77 bits per heavy atom. The van der Waals surface area contributed by atoms with E-state index in [1.165, 1.54) is 5.39 Å². The van der Waals surface area contributed by atoms with Crippen LogP contribution in [0.15, 0.2) is 24.3 Å².